The molecule has 0 saturated carbocycles. The topological polar surface area (TPSA) is 58.6 Å². The number of aliphatic hydroxyl groups is 1. The molecule has 0 bridgehead atoms. The molecule has 0 radical (unpaired) electrons. The van der Waals surface area contributed by atoms with E-state index >= 15 is 0 Å². The van der Waals surface area contributed by atoms with Gasteiger partial charge >= 0.3 is 0 Å². The molecule has 1 atom stereocenters. The van der Waals surface area contributed by atoms with E-state index in [1.807, 2.05) is 6.92 Å². The first-order valence-electron chi connectivity index (χ1n) is 3.87. The number of aliphatic imine (C=N–C) groups is 1. The summed E-state index contributed by atoms with van der Waals surface area (Å²) in [5.74, 6) is 0. The van der Waals surface area contributed by atoms with Crippen LogP contribution in [0.2, 0.25) is 0 Å². The van der Waals surface area contributed by atoms with Crippen LogP contribution in [0.5, 0.6) is 0 Å². The second-order valence-electron chi connectivity index (χ2n) is 2.73. The number of hydrogen-bond acceptors (Lipinski definition) is 3. The molecule has 0 aromatic carbocycles. The molecule has 0 amide bonds. The lowest BCUT2D eigenvalue weighted by Gasteiger charge is -2.21. The van der Waals surface area contributed by atoms with Gasteiger partial charge < -0.3 is 10.8 Å². The minimum absolute atomic E-state index is 0.413. The molecule has 0 fully saturated rings. The Morgan fingerprint density at radius 3 is 2.75 bits per heavy atom. The van der Waals surface area contributed by atoms with E-state index in [0.717, 1.165) is 0 Å². The SMILES string of the molecule is C=C/N=C\C=C(/N)C(C)(O)CC. The Hall–Kier alpha value is -1.09. The van der Waals surface area contributed by atoms with Gasteiger partial charge in [0.25, 0.3) is 0 Å². The molecule has 0 saturated heterocycles. The Morgan fingerprint density at radius 1 is 1.75 bits per heavy atom. The van der Waals surface area contributed by atoms with Gasteiger partial charge in [-0.15, -0.1) is 0 Å². The highest BCUT2D eigenvalue weighted by Gasteiger charge is 2.19. The molecule has 1 unspecified atom stereocenters. The number of rotatable bonds is 4. The molecule has 3 nitrogen and oxygen atoms in total. The van der Waals surface area contributed by atoms with Gasteiger partial charge in [-0.25, -0.2) is 0 Å². The van der Waals surface area contributed by atoms with E-state index in [-0.39, 0.29) is 0 Å². The van der Waals surface area contributed by atoms with Crippen molar-refractivity contribution >= 4 is 6.21 Å². The maximum Gasteiger partial charge on any atom is 0.101 e. The van der Waals surface area contributed by atoms with Gasteiger partial charge in [0, 0.05) is 18.1 Å². The van der Waals surface area contributed by atoms with Crippen LogP contribution in [0.25, 0.3) is 0 Å². The van der Waals surface area contributed by atoms with Crippen LogP contribution in [0.4, 0.5) is 0 Å². The maximum atomic E-state index is 9.61. The van der Waals surface area contributed by atoms with E-state index in [4.69, 9.17) is 5.73 Å². The molecule has 68 valence electrons. The zero-order valence-electron chi connectivity index (χ0n) is 7.62. The van der Waals surface area contributed by atoms with Crippen LogP contribution >= 0.6 is 0 Å². The maximum absolute atomic E-state index is 9.61. The molecule has 0 aliphatic rings. The van der Waals surface area contributed by atoms with E-state index in [9.17, 15) is 5.11 Å². The van der Waals surface area contributed by atoms with Crippen molar-refractivity contribution in [2.75, 3.05) is 0 Å². The molecule has 3 heteroatoms. The summed E-state index contributed by atoms with van der Waals surface area (Å²) in [6.07, 6.45) is 5.07. The van der Waals surface area contributed by atoms with Gasteiger partial charge in [0.1, 0.15) is 5.60 Å². The van der Waals surface area contributed by atoms with E-state index in [2.05, 4.69) is 11.6 Å². The summed E-state index contributed by atoms with van der Waals surface area (Å²) >= 11 is 0. The second-order valence-corrected chi connectivity index (χ2v) is 2.73. The van der Waals surface area contributed by atoms with Crippen LogP contribution in [0.1, 0.15) is 20.3 Å². The summed E-state index contributed by atoms with van der Waals surface area (Å²) in [5.41, 5.74) is 5.06. The second kappa shape index (κ2) is 4.72. The zero-order chi connectivity index (χ0) is 9.61. The molecular formula is C9H16N2O. The van der Waals surface area contributed by atoms with Gasteiger partial charge in [0.2, 0.25) is 0 Å². The fraction of sp³-hybridized carbons (Fsp3) is 0.444. The average molecular weight is 168 g/mol. The summed E-state index contributed by atoms with van der Waals surface area (Å²) in [4.78, 5) is 3.73. The van der Waals surface area contributed by atoms with Crippen molar-refractivity contribution in [3.8, 4) is 0 Å². The van der Waals surface area contributed by atoms with Gasteiger partial charge in [0.05, 0.1) is 0 Å². The van der Waals surface area contributed by atoms with Gasteiger partial charge in [-0.3, -0.25) is 4.99 Å². The third-order valence-electron chi connectivity index (χ3n) is 1.76. The largest absolute Gasteiger partial charge is 0.400 e. The molecule has 3 N–H and O–H groups in total. The van der Waals surface area contributed by atoms with E-state index in [1.165, 1.54) is 12.4 Å². The van der Waals surface area contributed by atoms with Crippen LogP contribution in [-0.2, 0) is 0 Å². The molecule has 0 rings (SSSR count). The van der Waals surface area contributed by atoms with Crippen LogP contribution in [0.15, 0.2) is 29.5 Å². The summed E-state index contributed by atoms with van der Waals surface area (Å²) < 4.78 is 0. The van der Waals surface area contributed by atoms with E-state index in [1.54, 1.807) is 13.0 Å². The minimum atomic E-state index is -0.937. The lowest BCUT2D eigenvalue weighted by Crippen LogP contribution is -2.30. The fourth-order valence-corrected chi connectivity index (χ4v) is 0.568. The van der Waals surface area contributed by atoms with E-state index < -0.39 is 5.60 Å². The van der Waals surface area contributed by atoms with Crippen molar-refractivity contribution in [3.63, 3.8) is 0 Å². The van der Waals surface area contributed by atoms with Gasteiger partial charge in [0.15, 0.2) is 0 Å². The molecule has 0 spiro atoms. The van der Waals surface area contributed by atoms with Crippen molar-refractivity contribution in [2.45, 2.75) is 25.9 Å². The van der Waals surface area contributed by atoms with Crippen molar-refractivity contribution in [1.82, 2.24) is 0 Å². The van der Waals surface area contributed by atoms with Crippen molar-refractivity contribution < 1.29 is 5.11 Å². The molecule has 0 aromatic rings. The Bertz CT molecular complexity index is 205. The summed E-state index contributed by atoms with van der Waals surface area (Å²) in [6.45, 7) is 6.94. The molecule has 0 aliphatic heterocycles. The highest BCUT2D eigenvalue weighted by molar-refractivity contribution is 5.72. The average Bonchev–Trinajstić information content (AvgIpc) is 2.05. The summed E-state index contributed by atoms with van der Waals surface area (Å²) in [5, 5.41) is 9.61. The van der Waals surface area contributed by atoms with Gasteiger partial charge in [-0.2, -0.15) is 0 Å². The number of nitrogens with zero attached hydrogens (tertiary/aromatic N) is 1. The quantitative estimate of drug-likeness (QED) is 0.620. The van der Waals surface area contributed by atoms with Gasteiger partial charge in [-0.05, 0) is 19.4 Å². The number of nitrogens with two attached hydrogens (primary N) is 1. The Kier molecular flexibility index (Phi) is 4.29. The van der Waals surface area contributed by atoms with Crippen LogP contribution in [0, 0.1) is 0 Å². The highest BCUT2D eigenvalue weighted by atomic mass is 16.3. The third kappa shape index (κ3) is 3.34. The summed E-state index contributed by atoms with van der Waals surface area (Å²) in [7, 11) is 0. The first-order valence-corrected chi connectivity index (χ1v) is 3.87. The van der Waals surface area contributed by atoms with Crippen molar-refractivity contribution in [2.24, 2.45) is 10.7 Å². The molecule has 0 aliphatic carbocycles. The predicted molar refractivity (Wildman–Crippen MR) is 51.9 cm³/mol. The fourth-order valence-electron chi connectivity index (χ4n) is 0.568. The molecule has 0 heterocycles. The summed E-state index contributed by atoms with van der Waals surface area (Å²) in [6, 6.07) is 0. The van der Waals surface area contributed by atoms with Crippen LogP contribution in [0.3, 0.4) is 0 Å². The number of allylic oxidation sites excluding steroid dienone is 1. The highest BCUT2D eigenvalue weighted by Crippen LogP contribution is 2.14. The Morgan fingerprint density at radius 2 is 2.33 bits per heavy atom. The van der Waals surface area contributed by atoms with Gasteiger partial charge in [-0.1, -0.05) is 13.5 Å². The standard InChI is InChI=1S/C9H16N2O/c1-4-9(3,12)8(10)6-7-11-5-2/h5-7,12H,2,4,10H2,1,3H3/b8-6-,11-7-. The Balaban J connectivity index is 4.35. The van der Waals surface area contributed by atoms with Crippen molar-refractivity contribution in [3.05, 3.63) is 24.6 Å². The lowest BCUT2D eigenvalue weighted by atomic mass is 9.99. The lowest BCUT2D eigenvalue weighted by molar-refractivity contribution is 0.0931. The minimum Gasteiger partial charge on any atom is -0.400 e. The Labute approximate surface area is 73.3 Å². The monoisotopic (exact) mass is 168 g/mol. The van der Waals surface area contributed by atoms with Crippen molar-refractivity contribution in [1.29, 1.82) is 0 Å². The normalized spacial score (nSPS) is 17.8. The first-order chi connectivity index (χ1) is 5.54. The molecule has 12 heavy (non-hydrogen) atoms. The predicted octanol–water partition coefficient (Wildman–Crippen LogP) is 1.20. The zero-order valence-corrected chi connectivity index (χ0v) is 7.62. The van der Waals surface area contributed by atoms with Crippen LogP contribution in [-0.4, -0.2) is 16.9 Å². The number of hydrogen-bond donors (Lipinski definition) is 2. The molecule has 0 aromatic heterocycles. The smallest absolute Gasteiger partial charge is 0.101 e. The molecular weight excluding hydrogens is 152 g/mol. The third-order valence-corrected chi connectivity index (χ3v) is 1.76. The first kappa shape index (κ1) is 10.9. The van der Waals surface area contributed by atoms with E-state index in [0.29, 0.717) is 12.1 Å². The van der Waals surface area contributed by atoms with Crippen LogP contribution < -0.4 is 5.73 Å².